The number of carboxylic acid groups (broad SMARTS) is 2. The second kappa shape index (κ2) is 17.4. The molecule has 0 atom stereocenters. The van der Waals surface area contributed by atoms with Gasteiger partial charge in [0.05, 0.1) is 17.9 Å². The van der Waals surface area contributed by atoms with Gasteiger partial charge < -0.3 is 30.5 Å². The van der Waals surface area contributed by atoms with Crippen molar-refractivity contribution in [2.75, 3.05) is 16.8 Å². The molecule has 4 rings (SSSR count). The van der Waals surface area contributed by atoms with Crippen molar-refractivity contribution >= 4 is 41.2 Å². The molecule has 0 unspecified atom stereocenters. The normalized spacial score (nSPS) is 16.3. The van der Waals surface area contributed by atoms with Crippen molar-refractivity contribution in [2.24, 2.45) is 0 Å². The van der Waals surface area contributed by atoms with Crippen LogP contribution in [0, 0.1) is 0 Å². The molecule has 2 fully saturated rings. The number of hydrogen-bond acceptors (Lipinski definition) is 8. The number of aliphatic carboxylic acids is 2. The summed E-state index contributed by atoms with van der Waals surface area (Å²) in [4.78, 5) is 63.3. The summed E-state index contributed by atoms with van der Waals surface area (Å²) >= 11 is 0. The Labute approximate surface area is 288 Å². The van der Waals surface area contributed by atoms with Gasteiger partial charge in [0.25, 0.3) is 5.91 Å². The second-order valence-corrected chi connectivity index (χ2v) is 11.5. The lowest BCUT2D eigenvalue weighted by Crippen LogP contribution is -2.43. The molecule has 4 N–H and O–H groups in total. The van der Waals surface area contributed by atoms with Gasteiger partial charge in [0.15, 0.2) is 5.75 Å². The number of ether oxygens (including phenoxy) is 1. The predicted octanol–water partition coefficient (Wildman–Crippen LogP) is 5.86. The zero-order valence-corrected chi connectivity index (χ0v) is 27.2. The zero-order chi connectivity index (χ0) is 39.7. The molecule has 1 aromatic heterocycles. The fourth-order valence-electron chi connectivity index (χ4n) is 4.71. The fourth-order valence-corrected chi connectivity index (χ4v) is 4.71. The number of amides is 4. The number of halogens is 9. The van der Waals surface area contributed by atoms with Crippen molar-refractivity contribution in [3.05, 3.63) is 48.3 Å². The summed E-state index contributed by atoms with van der Waals surface area (Å²) in [7, 11) is 0. The van der Waals surface area contributed by atoms with Crippen molar-refractivity contribution in [1.82, 2.24) is 15.2 Å². The van der Waals surface area contributed by atoms with Gasteiger partial charge in [-0.15, -0.1) is 13.2 Å². The molecule has 288 valence electrons. The van der Waals surface area contributed by atoms with Gasteiger partial charge in [-0.3, -0.25) is 14.6 Å². The summed E-state index contributed by atoms with van der Waals surface area (Å²) in [5, 5.41) is 19.8. The molecule has 0 radical (unpaired) electrons. The highest BCUT2D eigenvalue weighted by Crippen LogP contribution is 2.38. The molecular formula is C30H32F9N5O8. The summed E-state index contributed by atoms with van der Waals surface area (Å²) < 4.78 is 107. The van der Waals surface area contributed by atoms with E-state index >= 15 is 0 Å². The number of pyridine rings is 1. The summed E-state index contributed by atoms with van der Waals surface area (Å²) in [6, 6.07) is 6.26. The average Bonchev–Trinajstić information content (AvgIpc) is 3.19. The van der Waals surface area contributed by atoms with Crippen LogP contribution < -0.4 is 20.3 Å². The molecule has 1 aliphatic carbocycles. The van der Waals surface area contributed by atoms with Crippen LogP contribution in [0.25, 0.3) is 0 Å². The fraction of sp³-hybridized carbons (Fsp3) is 0.467. The van der Waals surface area contributed by atoms with Crippen LogP contribution in [0.4, 0.5) is 55.7 Å². The Hall–Kier alpha value is -5.15. The summed E-state index contributed by atoms with van der Waals surface area (Å²) in [6.45, 7) is 3.21. The molecule has 13 nitrogen and oxygen atoms in total. The van der Waals surface area contributed by atoms with Crippen LogP contribution in [0.1, 0.15) is 51.5 Å². The Balaban J connectivity index is 0.000000564. The molecule has 2 aromatic rings. The number of nitrogens with one attached hydrogen (secondary N) is 2. The number of imide groups is 1. The van der Waals surface area contributed by atoms with Crippen LogP contribution in [0.2, 0.25) is 0 Å². The van der Waals surface area contributed by atoms with E-state index in [-0.39, 0.29) is 30.5 Å². The van der Waals surface area contributed by atoms with E-state index < -0.39 is 59.8 Å². The van der Waals surface area contributed by atoms with E-state index in [1.54, 1.807) is 38.4 Å². The first kappa shape index (κ1) is 43.0. The highest BCUT2D eigenvalue weighted by atomic mass is 19.4. The maximum Gasteiger partial charge on any atom is 0.573 e. The quantitative estimate of drug-likeness (QED) is 0.188. The predicted molar refractivity (Wildman–Crippen MR) is 161 cm³/mol. The molecule has 4 amide bonds. The lowest BCUT2D eigenvalue weighted by molar-refractivity contribution is -0.274. The first-order valence-corrected chi connectivity index (χ1v) is 14.9. The number of carbonyl (C=O) groups excluding carboxylic acids is 3. The monoisotopic (exact) mass is 761 g/mol. The number of rotatable bonds is 8. The maximum absolute atomic E-state index is 13.4. The van der Waals surface area contributed by atoms with Gasteiger partial charge in [-0.2, -0.15) is 26.3 Å². The van der Waals surface area contributed by atoms with E-state index in [2.05, 4.69) is 20.4 Å². The molecule has 1 saturated carbocycles. The molecule has 1 aromatic carbocycles. The van der Waals surface area contributed by atoms with Gasteiger partial charge in [-0.1, -0.05) is 19.3 Å². The molecular weight excluding hydrogens is 729 g/mol. The van der Waals surface area contributed by atoms with E-state index in [9.17, 15) is 53.9 Å². The lowest BCUT2D eigenvalue weighted by atomic mass is 9.95. The maximum atomic E-state index is 13.4. The summed E-state index contributed by atoms with van der Waals surface area (Å²) in [6.07, 6.45) is -6.94. The van der Waals surface area contributed by atoms with Crippen molar-refractivity contribution in [3.8, 4) is 5.75 Å². The molecule has 22 heteroatoms. The van der Waals surface area contributed by atoms with Crippen LogP contribution in [0.3, 0.4) is 0 Å². The Morgan fingerprint density at radius 1 is 0.885 bits per heavy atom. The molecule has 1 aliphatic heterocycles. The molecule has 2 aliphatic rings. The number of benzene rings is 1. The third-order valence-corrected chi connectivity index (χ3v) is 7.28. The van der Waals surface area contributed by atoms with Gasteiger partial charge in [0, 0.05) is 25.0 Å². The summed E-state index contributed by atoms with van der Waals surface area (Å²) in [5.74, 6) is -7.30. The van der Waals surface area contributed by atoms with Gasteiger partial charge in [0.1, 0.15) is 5.54 Å². The Morgan fingerprint density at radius 3 is 1.88 bits per heavy atom. The van der Waals surface area contributed by atoms with Crippen molar-refractivity contribution in [3.63, 3.8) is 0 Å². The van der Waals surface area contributed by atoms with E-state index in [0.717, 1.165) is 54.7 Å². The number of alkyl halides is 9. The number of nitrogens with zero attached hydrogens (tertiary/aromatic N) is 3. The summed E-state index contributed by atoms with van der Waals surface area (Å²) in [5.41, 5.74) is -0.769. The molecule has 0 spiro atoms. The number of carboxylic acids is 2. The van der Waals surface area contributed by atoms with Crippen molar-refractivity contribution in [2.45, 2.75) is 82.8 Å². The first-order valence-electron chi connectivity index (χ1n) is 14.9. The highest BCUT2D eigenvalue weighted by molar-refractivity contribution is 6.23. The second-order valence-electron chi connectivity index (χ2n) is 11.5. The van der Waals surface area contributed by atoms with E-state index in [1.165, 1.54) is 11.0 Å². The van der Waals surface area contributed by atoms with Gasteiger partial charge in [-0.25, -0.2) is 19.3 Å². The smallest absolute Gasteiger partial charge is 0.475 e. The Bertz CT molecular complexity index is 1560. The SMILES string of the molecule is CC1(C)C(=O)N(c2ccc(OC(F)(F)F)c(NC(=O)CNC3CCCCC3)c2)C(=O)N1Cc1ccncc1.O=C(O)C(F)(F)F.O=C(O)C(F)(F)F. The molecule has 1 saturated heterocycles. The zero-order valence-electron chi connectivity index (χ0n) is 27.2. The first-order chi connectivity index (χ1) is 23.8. The van der Waals surface area contributed by atoms with E-state index in [4.69, 9.17) is 19.8 Å². The van der Waals surface area contributed by atoms with Gasteiger partial charge in [0.2, 0.25) is 5.91 Å². The van der Waals surface area contributed by atoms with E-state index in [0.29, 0.717) is 0 Å². The topological polar surface area (TPSA) is 178 Å². The standard InChI is InChI=1S/C26H30F3N5O4.2C2HF3O2/c1-25(2)23(36)34(24(37)33(25)16-17-10-12-30-13-11-17)19-8-9-21(38-26(27,28)29)20(14-19)32-22(35)15-31-18-6-4-3-5-7-18;2*3-2(4,5)1(6)7/h8-14,18,31H,3-7,15-16H2,1-2H3,(H,32,35);2*(H,6,7). The average molecular weight is 762 g/mol. The largest absolute Gasteiger partial charge is 0.573 e. The lowest BCUT2D eigenvalue weighted by Gasteiger charge is -2.27. The highest BCUT2D eigenvalue weighted by Gasteiger charge is 2.52. The van der Waals surface area contributed by atoms with Crippen molar-refractivity contribution < 1.29 is 78.4 Å². The van der Waals surface area contributed by atoms with Gasteiger partial charge >= 0.3 is 36.7 Å². The van der Waals surface area contributed by atoms with Crippen LogP contribution in [-0.4, -0.2) is 86.7 Å². The van der Waals surface area contributed by atoms with Crippen LogP contribution in [0.15, 0.2) is 42.7 Å². The third kappa shape index (κ3) is 12.9. The minimum absolute atomic E-state index is 0.00960. The van der Waals surface area contributed by atoms with Crippen molar-refractivity contribution in [1.29, 1.82) is 0 Å². The number of carbonyl (C=O) groups is 5. The minimum Gasteiger partial charge on any atom is -0.475 e. The number of hydrogen-bond donors (Lipinski definition) is 4. The molecule has 2 heterocycles. The molecule has 0 bridgehead atoms. The number of urea groups is 1. The van der Waals surface area contributed by atoms with Crippen LogP contribution >= 0.6 is 0 Å². The molecule has 52 heavy (non-hydrogen) atoms. The number of anilines is 2. The van der Waals surface area contributed by atoms with E-state index in [1.807, 2.05) is 0 Å². The van der Waals surface area contributed by atoms with Gasteiger partial charge in [-0.05, 0) is 62.6 Å². The Morgan fingerprint density at radius 2 is 1.40 bits per heavy atom. The Kier molecular flexibility index (Phi) is 14.4. The third-order valence-electron chi connectivity index (χ3n) is 7.28. The number of aromatic nitrogens is 1. The van der Waals surface area contributed by atoms with Crippen LogP contribution in [0.5, 0.6) is 5.75 Å². The van der Waals surface area contributed by atoms with Crippen LogP contribution in [-0.2, 0) is 25.7 Å². The minimum atomic E-state index is -5.08.